The van der Waals surface area contributed by atoms with Crippen LogP contribution in [0.3, 0.4) is 0 Å². The van der Waals surface area contributed by atoms with Gasteiger partial charge in [-0.05, 0) is 20.0 Å². The van der Waals surface area contributed by atoms with E-state index in [0.29, 0.717) is 12.2 Å². The van der Waals surface area contributed by atoms with Gasteiger partial charge in [0.15, 0.2) is 0 Å². The Kier molecular flexibility index (Phi) is 5.76. The van der Waals surface area contributed by atoms with Crippen LogP contribution >= 0.6 is 0 Å². The van der Waals surface area contributed by atoms with Gasteiger partial charge in [-0.25, -0.2) is 4.79 Å². The summed E-state index contributed by atoms with van der Waals surface area (Å²) < 4.78 is 4.89. The van der Waals surface area contributed by atoms with Gasteiger partial charge in [-0.3, -0.25) is 4.98 Å². The molecule has 4 heteroatoms. The Balaban J connectivity index is 2.71. The molecule has 0 aliphatic rings. The van der Waals surface area contributed by atoms with Gasteiger partial charge in [-0.15, -0.1) is 0 Å². The van der Waals surface area contributed by atoms with Crippen molar-refractivity contribution in [3.63, 3.8) is 0 Å². The van der Waals surface area contributed by atoms with Crippen LogP contribution in [-0.2, 0) is 4.74 Å². The van der Waals surface area contributed by atoms with Crippen LogP contribution in [0.25, 0.3) is 0 Å². The monoisotopic (exact) mass is 232 g/mol. The molecule has 0 aliphatic heterocycles. The summed E-state index contributed by atoms with van der Waals surface area (Å²) in [5, 5.41) is 3.01. The van der Waals surface area contributed by atoms with Gasteiger partial charge in [0, 0.05) is 30.9 Å². The van der Waals surface area contributed by atoms with Gasteiger partial charge in [0.05, 0.1) is 12.2 Å². The summed E-state index contributed by atoms with van der Waals surface area (Å²) in [4.78, 5) is 15.4. The first kappa shape index (κ1) is 13.2. The van der Waals surface area contributed by atoms with E-state index in [-0.39, 0.29) is 5.97 Å². The molecular formula is C13H16N2O2. The zero-order chi connectivity index (χ0) is 12.5. The predicted molar refractivity (Wildman–Crippen MR) is 65.6 cm³/mol. The molecule has 0 aromatic carbocycles. The fourth-order valence-corrected chi connectivity index (χ4v) is 1.19. The molecule has 1 heterocycles. The third kappa shape index (κ3) is 4.66. The van der Waals surface area contributed by atoms with Crippen LogP contribution < -0.4 is 5.32 Å². The van der Waals surface area contributed by atoms with Crippen LogP contribution in [0.1, 0.15) is 29.3 Å². The van der Waals surface area contributed by atoms with Crippen LogP contribution in [-0.4, -0.2) is 31.2 Å². The molecule has 0 saturated heterocycles. The van der Waals surface area contributed by atoms with E-state index in [1.54, 1.807) is 19.2 Å². The largest absolute Gasteiger partial charge is 0.462 e. The molecular weight excluding hydrogens is 216 g/mol. The first-order valence-electron chi connectivity index (χ1n) is 5.53. The van der Waals surface area contributed by atoms with E-state index < -0.39 is 0 Å². The van der Waals surface area contributed by atoms with E-state index in [4.69, 9.17) is 4.74 Å². The highest BCUT2D eigenvalue weighted by Gasteiger charge is 2.06. The summed E-state index contributed by atoms with van der Waals surface area (Å²) >= 11 is 0. The number of esters is 1. The van der Waals surface area contributed by atoms with Gasteiger partial charge >= 0.3 is 5.97 Å². The number of nitrogens with zero attached hydrogens (tertiary/aromatic N) is 1. The van der Waals surface area contributed by atoms with Crippen LogP contribution in [0, 0.1) is 11.8 Å². The molecule has 0 unspecified atom stereocenters. The van der Waals surface area contributed by atoms with Crippen LogP contribution in [0.2, 0.25) is 0 Å². The highest BCUT2D eigenvalue weighted by Crippen LogP contribution is 2.03. The molecule has 0 spiro atoms. The van der Waals surface area contributed by atoms with Crippen molar-refractivity contribution in [3.05, 3.63) is 29.6 Å². The fraction of sp³-hybridized carbons (Fsp3) is 0.385. The second-order valence-corrected chi connectivity index (χ2v) is 3.34. The van der Waals surface area contributed by atoms with Gasteiger partial charge in [0.2, 0.25) is 0 Å². The van der Waals surface area contributed by atoms with Gasteiger partial charge in [-0.1, -0.05) is 11.8 Å². The van der Waals surface area contributed by atoms with E-state index in [1.807, 2.05) is 7.05 Å². The molecule has 1 rings (SSSR count). The molecule has 90 valence electrons. The quantitative estimate of drug-likeness (QED) is 0.482. The second-order valence-electron chi connectivity index (χ2n) is 3.34. The van der Waals surface area contributed by atoms with Crippen molar-refractivity contribution >= 4 is 5.97 Å². The van der Waals surface area contributed by atoms with E-state index >= 15 is 0 Å². The smallest absolute Gasteiger partial charge is 0.339 e. The summed E-state index contributed by atoms with van der Waals surface area (Å²) in [6, 6.07) is 1.69. The normalized spacial score (nSPS) is 9.29. The molecule has 17 heavy (non-hydrogen) atoms. The van der Waals surface area contributed by atoms with Gasteiger partial charge in [-0.2, -0.15) is 0 Å². The lowest BCUT2D eigenvalue weighted by atomic mass is 10.2. The van der Waals surface area contributed by atoms with Crippen LogP contribution in [0.15, 0.2) is 18.5 Å². The average Bonchev–Trinajstić information content (AvgIpc) is 2.35. The van der Waals surface area contributed by atoms with Gasteiger partial charge < -0.3 is 10.1 Å². The molecule has 0 fully saturated rings. The standard InChI is InChI=1S/C13H16N2O2/c1-3-17-13(16)12-8-11(9-15-10-12)6-4-5-7-14-2/h8-10,14H,3,5,7H2,1-2H3. The summed E-state index contributed by atoms with van der Waals surface area (Å²) in [5.41, 5.74) is 1.17. The summed E-state index contributed by atoms with van der Waals surface area (Å²) in [6.07, 6.45) is 3.88. The third-order valence-electron chi connectivity index (χ3n) is 1.98. The number of hydrogen-bond donors (Lipinski definition) is 1. The predicted octanol–water partition coefficient (Wildman–Crippen LogP) is 1.22. The molecule has 0 amide bonds. The Morgan fingerprint density at radius 2 is 2.35 bits per heavy atom. The number of carbonyl (C=O) groups excluding carboxylic acids is 1. The first-order valence-corrected chi connectivity index (χ1v) is 5.53. The number of aromatic nitrogens is 1. The van der Waals surface area contributed by atoms with Crippen molar-refractivity contribution in [2.24, 2.45) is 0 Å². The minimum absolute atomic E-state index is 0.358. The highest BCUT2D eigenvalue weighted by atomic mass is 16.5. The van der Waals surface area contributed by atoms with E-state index in [2.05, 4.69) is 22.1 Å². The van der Waals surface area contributed by atoms with E-state index in [0.717, 1.165) is 18.5 Å². The van der Waals surface area contributed by atoms with Gasteiger partial charge in [0.25, 0.3) is 0 Å². The lowest BCUT2D eigenvalue weighted by Crippen LogP contribution is -2.06. The molecule has 4 nitrogen and oxygen atoms in total. The van der Waals surface area contributed by atoms with Crippen molar-refractivity contribution in [3.8, 4) is 11.8 Å². The van der Waals surface area contributed by atoms with Crippen molar-refractivity contribution in [2.75, 3.05) is 20.2 Å². The number of rotatable bonds is 4. The number of ether oxygens (including phenoxy) is 1. The first-order chi connectivity index (χ1) is 8.27. The number of carbonyl (C=O) groups is 1. The Bertz CT molecular complexity index is 433. The number of hydrogen-bond acceptors (Lipinski definition) is 4. The Hall–Kier alpha value is -1.86. The minimum Gasteiger partial charge on any atom is -0.462 e. The molecule has 1 aromatic heterocycles. The van der Waals surface area contributed by atoms with Crippen molar-refractivity contribution < 1.29 is 9.53 Å². The summed E-state index contributed by atoms with van der Waals surface area (Å²) in [5.74, 6) is 5.59. The maximum absolute atomic E-state index is 11.5. The second kappa shape index (κ2) is 7.42. The summed E-state index contributed by atoms with van der Waals surface area (Å²) in [7, 11) is 1.88. The Morgan fingerprint density at radius 1 is 1.53 bits per heavy atom. The maximum atomic E-state index is 11.5. The molecule has 0 saturated carbocycles. The average molecular weight is 232 g/mol. The highest BCUT2D eigenvalue weighted by molar-refractivity contribution is 5.89. The number of pyridine rings is 1. The third-order valence-corrected chi connectivity index (χ3v) is 1.98. The zero-order valence-corrected chi connectivity index (χ0v) is 10.1. The summed E-state index contributed by atoms with van der Waals surface area (Å²) in [6.45, 7) is 2.97. The minimum atomic E-state index is -0.362. The topological polar surface area (TPSA) is 51.2 Å². The van der Waals surface area contributed by atoms with Crippen molar-refractivity contribution in [1.29, 1.82) is 0 Å². The van der Waals surface area contributed by atoms with E-state index in [1.165, 1.54) is 6.20 Å². The number of nitrogens with one attached hydrogen (secondary N) is 1. The Morgan fingerprint density at radius 3 is 3.06 bits per heavy atom. The molecule has 0 aliphatic carbocycles. The van der Waals surface area contributed by atoms with Crippen molar-refractivity contribution in [2.45, 2.75) is 13.3 Å². The fourth-order valence-electron chi connectivity index (χ4n) is 1.19. The molecule has 1 N–H and O–H groups in total. The molecule has 0 atom stereocenters. The molecule has 1 aromatic rings. The zero-order valence-electron chi connectivity index (χ0n) is 10.1. The lowest BCUT2D eigenvalue weighted by Gasteiger charge is -2.00. The Labute approximate surface area is 101 Å². The van der Waals surface area contributed by atoms with E-state index in [9.17, 15) is 4.79 Å². The van der Waals surface area contributed by atoms with Crippen molar-refractivity contribution in [1.82, 2.24) is 10.3 Å². The lowest BCUT2D eigenvalue weighted by molar-refractivity contribution is 0.0526. The molecule has 0 radical (unpaired) electrons. The molecule has 0 bridgehead atoms. The van der Waals surface area contributed by atoms with Crippen LogP contribution in [0.5, 0.6) is 0 Å². The van der Waals surface area contributed by atoms with Gasteiger partial charge in [0.1, 0.15) is 0 Å². The van der Waals surface area contributed by atoms with Crippen LogP contribution in [0.4, 0.5) is 0 Å². The SMILES string of the molecule is CCOC(=O)c1cncc(C#CCCNC)c1. The maximum Gasteiger partial charge on any atom is 0.339 e.